The summed E-state index contributed by atoms with van der Waals surface area (Å²) in [6.07, 6.45) is -10.2. The van der Waals surface area contributed by atoms with Crippen LogP contribution < -0.4 is 14.2 Å². The minimum atomic E-state index is -5.14. The molecular formula is C13H9F6NO4S. The van der Waals surface area contributed by atoms with Gasteiger partial charge in [-0.3, -0.25) is 0 Å². The molecule has 12 heteroatoms. The first-order valence-electron chi connectivity index (χ1n) is 6.38. The monoisotopic (exact) mass is 389 g/mol. The molecule has 0 spiro atoms. The molecule has 0 radical (unpaired) electrons. The molecule has 1 aromatic carbocycles. The van der Waals surface area contributed by atoms with Crippen molar-refractivity contribution >= 4 is 11.3 Å². The highest BCUT2D eigenvalue weighted by molar-refractivity contribution is 7.09. The van der Waals surface area contributed by atoms with Crippen LogP contribution in [0.2, 0.25) is 0 Å². The summed E-state index contributed by atoms with van der Waals surface area (Å²) in [7, 11) is 0. The molecule has 0 fully saturated rings. The van der Waals surface area contributed by atoms with E-state index >= 15 is 0 Å². The molecule has 1 aromatic heterocycles. The topological polar surface area (TPSA) is 60.8 Å². The van der Waals surface area contributed by atoms with Crippen LogP contribution in [0.15, 0.2) is 23.6 Å². The van der Waals surface area contributed by atoms with Gasteiger partial charge in [0.25, 0.3) is 0 Å². The summed E-state index contributed by atoms with van der Waals surface area (Å²) in [4.78, 5) is 3.92. The molecule has 25 heavy (non-hydrogen) atoms. The first-order chi connectivity index (χ1) is 11.6. The summed E-state index contributed by atoms with van der Waals surface area (Å²) in [5.74, 6) is -2.34. The Bertz CT molecular complexity index is 715. The molecule has 0 aliphatic heterocycles. The van der Waals surface area contributed by atoms with E-state index in [1.807, 2.05) is 0 Å². The third-order valence-electron chi connectivity index (χ3n) is 2.48. The average Bonchev–Trinajstić information content (AvgIpc) is 2.91. The van der Waals surface area contributed by atoms with Crippen molar-refractivity contribution in [1.29, 1.82) is 0 Å². The van der Waals surface area contributed by atoms with Gasteiger partial charge in [0.1, 0.15) is 17.4 Å². The molecule has 1 N–H and O–H groups in total. The number of aromatic nitrogens is 1. The zero-order valence-corrected chi connectivity index (χ0v) is 12.8. The number of halogens is 6. The zero-order valence-electron chi connectivity index (χ0n) is 12.0. The summed E-state index contributed by atoms with van der Waals surface area (Å²) in [5.41, 5.74) is 0.322. The lowest BCUT2D eigenvalue weighted by atomic mass is 10.3. The first-order valence-corrected chi connectivity index (χ1v) is 7.26. The second-order valence-corrected chi connectivity index (χ2v) is 5.33. The van der Waals surface area contributed by atoms with E-state index in [2.05, 4.69) is 14.5 Å². The summed E-state index contributed by atoms with van der Waals surface area (Å²) in [6.45, 7) is -0.583. The first kappa shape index (κ1) is 19.1. The maximum Gasteiger partial charge on any atom is 0.573 e. The largest absolute Gasteiger partial charge is 0.573 e. The van der Waals surface area contributed by atoms with Crippen molar-refractivity contribution < 1.29 is 45.7 Å². The minimum absolute atomic E-state index is 0.274. The number of thiazole rings is 1. The van der Waals surface area contributed by atoms with Crippen molar-refractivity contribution in [2.75, 3.05) is 0 Å². The van der Waals surface area contributed by atoms with Gasteiger partial charge in [0.2, 0.25) is 0 Å². The highest BCUT2D eigenvalue weighted by Gasteiger charge is 2.34. The Kier molecular flexibility index (Phi) is 5.62. The molecule has 0 atom stereocenters. The van der Waals surface area contributed by atoms with Crippen molar-refractivity contribution in [3.63, 3.8) is 0 Å². The van der Waals surface area contributed by atoms with Crippen molar-refractivity contribution in [2.24, 2.45) is 0 Å². The molecule has 0 saturated heterocycles. The van der Waals surface area contributed by atoms with Gasteiger partial charge in [-0.05, 0) is 12.1 Å². The SMILES string of the molecule is OCc1nc(COc2ccc(OC(F)(F)F)cc2OC(F)(F)F)cs1. The van der Waals surface area contributed by atoms with Crippen LogP contribution in [-0.4, -0.2) is 22.8 Å². The number of benzene rings is 1. The molecule has 0 saturated carbocycles. The van der Waals surface area contributed by atoms with E-state index in [1.165, 1.54) is 5.38 Å². The number of rotatable bonds is 6. The van der Waals surface area contributed by atoms with Gasteiger partial charge in [0.05, 0.1) is 12.3 Å². The third-order valence-corrected chi connectivity index (χ3v) is 3.37. The average molecular weight is 389 g/mol. The summed E-state index contributed by atoms with van der Waals surface area (Å²) >= 11 is 1.11. The van der Waals surface area contributed by atoms with Gasteiger partial charge in [0, 0.05) is 11.4 Å². The highest BCUT2D eigenvalue weighted by Crippen LogP contribution is 2.37. The minimum Gasteiger partial charge on any atom is -0.483 e. The number of hydrogen-bond donors (Lipinski definition) is 1. The van der Waals surface area contributed by atoms with Crippen LogP contribution in [0.5, 0.6) is 17.2 Å². The molecule has 5 nitrogen and oxygen atoms in total. The van der Waals surface area contributed by atoms with Crippen LogP contribution in [0.25, 0.3) is 0 Å². The molecule has 0 aliphatic carbocycles. The number of nitrogens with zero attached hydrogens (tertiary/aromatic N) is 1. The van der Waals surface area contributed by atoms with Crippen LogP contribution in [0.3, 0.4) is 0 Å². The molecular weight excluding hydrogens is 380 g/mol. The van der Waals surface area contributed by atoms with E-state index in [-0.39, 0.29) is 13.2 Å². The molecule has 1 heterocycles. The molecule has 138 valence electrons. The maximum absolute atomic E-state index is 12.4. The van der Waals surface area contributed by atoms with Crippen molar-refractivity contribution in [2.45, 2.75) is 25.9 Å². The number of aliphatic hydroxyl groups excluding tert-OH is 1. The van der Waals surface area contributed by atoms with Crippen LogP contribution >= 0.6 is 11.3 Å². The van der Waals surface area contributed by atoms with E-state index in [9.17, 15) is 26.3 Å². The highest BCUT2D eigenvalue weighted by atomic mass is 32.1. The van der Waals surface area contributed by atoms with Crippen LogP contribution in [-0.2, 0) is 13.2 Å². The lowest BCUT2D eigenvalue weighted by Gasteiger charge is -2.16. The number of alkyl halides is 6. The fourth-order valence-corrected chi connectivity index (χ4v) is 2.29. The second kappa shape index (κ2) is 7.35. The van der Waals surface area contributed by atoms with E-state index in [0.717, 1.165) is 23.5 Å². The van der Waals surface area contributed by atoms with Gasteiger partial charge in [0.15, 0.2) is 11.5 Å². The Morgan fingerprint density at radius 1 is 1.00 bits per heavy atom. The van der Waals surface area contributed by atoms with Gasteiger partial charge < -0.3 is 19.3 Å². The van der Waals surface area contributed by atoms with Gasteiger partial charge in [-0.25, -0.2) is 4.98 Å². The second-order valence-electron chi connectivity index (χ2n) is 4.38. The number of hydrogen-bond acceptors (Lipinski definition) is 6. The Morgan fingerprint density at radius 2 is 1.68 bits per heavy atom. The van der Waals surface area contributed by atoms with Gasteiger partial charge in [-0.1, -0.05) is 0 Å². The van der Waals surface area contributed by atoms with E-state index in [0.29, 0.717) is 16.8 Å². The Morgan fingerprint density at radius 3 is 2.24 bits per heavy atom. The molecule has 0 amide bonds. The third kappa shape index (κ3) is 6.31. The lowest BCUT2D eigenvalue weighted by Crippen LogP contribution is -2.19. The Balaban J connectivity index is 2.19. The lowest BCUT2D eigenvalue weighted by molar-refractivity contribution is -0.276. The van der Waals surface area contributed by atoms with E-state index in [1.54, 1.807) is 0 Å². The van der Waals surface area contributed by atoms with Crippen LogP contribution in [0, 0.1) is 0 Å². The zero-order chi connectivity index (χ0) is 18.7. The van der Waals surface area contributed by atoms with Crippen molar-refractivity contribution in [3.05, 3.63) is 34.3 Å². The molecule has 2 aromatic rings. The fourth-order valence-electron chi connectivity index (χ4n) is 1.65. The van der Waals surface area contributed by atoms with Gasteiger partial charge in [-0.15, -0.1) is 37.7 Å². The van der Waals surface area contributed by atoms with Gasteiger partial charge >= 0.3 is 12.7 Å². The van der Waals surface area contributed by atoms with E-state index < -0.39 is 30.0 Å². The molecule has 2 rings (SSSR count). The Hall–Kier alpha value is -2.21. The van der Waals surface area contributed by atoms with Crippen molar-refractivity contribution in [3.8, 4) is 17.2 Å². The van der Waals surface area contributed by atoms with Crippen LogP contribution in [0.4, 0.5) is 26.3 Å². The standard InChI is InChI=1S/C13H9F6NO4S/c14-12(15,16)23-8-1-2-9(10(3-8)24-13(17,18)19)22-5-7-6-25-11(4-21)20-7/h1-3,6,21H,4-5H2. The molecule has 0 bridgehead atoms. The predicted octanol–water partition coefficient (Wildman–Crippen LogP) is 4.01. The predicted molar refractivity (Wildman–Crippen MR) is 72.2 cm³/mol. The smallest absolute Gasteiger partial charge is 0.483 e. The summed E-state index contributed by atoms with van der Waals surface area (Å²) in [6, 6.07) is 2.05. The van der Waals surface area contributed by atoms with Gasteiger partial charge in [-0.2, -0.15) is 0 Å². The summed E-state index contributed by atoms with van der Waals surface area (Å²) in [5, 5.41) is 10.8. The summed E-state index contributed by atoms with van der Waals surface area (Å²) < 4.78 is 86.1. The fraction of sp³-hybridized carbons (Fsp3) is 0.308. The molecule has 0 unspecified atom stereocenters. The van der Waals surface area contributed by atoms with E-state index in [4.69, 9.17) is 9.84 Å². The number of ether oxygens (including phenoxy) is 3. The maximum atomic E-state index is 12.4. The normalized spacial score (nSPS) is 12.1. The Labute approximate surface area is 140 Å². The van der Waals surface area contributed by atoms with Crippen LogP contribution in [0.1, 0.15) is 10.7 Å². The van der Waals surface area contributed by atoms with Crippen molar-refractivity contribution in [1.82, 2.24) is 4.98 Å². The number of aliphatic hydroxyl groups is 1. The molecule has 0 aliphatic rings. The quantitative estimate of drug-likeness (QED) is 0.757.